The fourth-order valence-electron chi connectivity index (χ4n) is 5.65. The second-order valence-corrected chi connectivity index (χ2v) is 11.7. The Morgan fingerprint density at radius 2 is 1.85 bits per heavy atom. The lowest BCUT2D eigenvalue weighted by Gasteiger charge is -2.47. The Kier molecular flexibility index (Phi) is 8.30. The summed E-state index contributed by atoms with van der Waals surface area (Å²) < 4.78 is 14.0. The van der Waals surface area contributed by atoms with Crippen molar-refractivity contribution in [3.8, 4) is 5.75 Å². The molecule has 4 aromatic rings. The van der Waals surface area contributed by atoms with E-state index in [1.54, 1.807) is 42.6 Å². The number of thiazole rings is 1. The number of carbonyl (C=O) groups excluding carboxylic acids is 1. The second kappa shape index (κ2) is 11.9. The van der Waals surface area contributed by atoms with Crippen LogP contribution in [-0.2, 0) is 6.54 Å². The average molecular weight is 559 g/mol. The largest absolute Gasteiger partial charge is 0.508 e. The topological polar surface area (TPSA) is 59.9 Å². The van der Waals surface area contributed by atoms with E-state index in [-0.39, 0.29) is 29.8 Å². The molecule has 6 nitrogen and oxygen atoms in total. The number of benzene rings is 3. The molecule has 1 aromatic heterocycles. The fourth-order valence-corrected chi connectivity index (χ4v) is 6.26. The first kappa shape index (κ1) is 28.0. The highest BCUT2D eigenvalue weighted by molar-refractivity contribution is 7.09. The summed E-state index contributed by atoms with van der Waals surface area (Å²) >= 11 is 1.67. The lowest BCUT2D eigenvalue weighted by molar-refractivity contribution is 0.0188. The molecule has 1 amide bonds. The third-order valence-electron chi connectivity index (χ3n) is 7.70. The number of amides is 1. The van der Waals surface area contributed by atoms with Crippen LogP contribution in [0.15, 0.2) is 78.2 Å². The summed E-state index contributed by atoms with van der Waals surface area (Å²) in [6, 6.07) is 21.1. The van der Waals surface area contributed by atoms with Gasteiger partial charge in [-0.1, -0.05) is 36.4 Å². The van der Waals surface area contributed by atoms with Gasteiger partial charge in [0.25, 0.3) is 5.91 Å². The Morgan fingerprint density at radius 1 is 1.07 bits per heavy atom. The molecule has 1 aliphatic heterocycles. The summed E-state index contributed by atoms with van der Waals surface area (Å²) in [6.07, 6.45) is 0. The van der Waals surface area contributed by atoms with Crippen molar-refractivity contribution in [2.24, 2.45) is 0 Å². The maximum absolute atomic E-state index is 14.0. The minimum Gasteiger partial charge on any atom is -0.508 e. The number of halogens is 1. The molecular weight excluding hydrogens is 523 g/mol. The number of hydrogen-bond acceptors (Lipinski definition) is 6. The van der Waals surface area contributed by atoms with E-state index in [4.69, 9.17) is 0 Å². The quantitative estimate of drug-likeness (QED) is 0.290. The number of phenols is 1. The van der Waals surface area contributed by atoms with Crippen LogP contribution in [0.25, 0.3) is 0 Å². The van der Waals surface area contributed by atoms with Crippen molar-refractivity contribution in [1.29, 1.82) is 0 Å². The molecule has 1 unspecified atom stereocenters. The van der Waals surface area contributed by atoms with Crippen LogP contribution in [-0.4, -0.2) is 58.0 Å². The van der Waals surface area contributed by atoms with Crippen molar-refractivity contribution >= 4 is 22.9 Å². The highest BCUT2D eigenvalue weighted by Gasteiger charge is 2.36. The Morgan fingerprint density at radius 3 is 2.58 bits per heavy atom. The molecule has 3 aromatic carbocycles. The van der Waals surface area contributed by atoms with Gasteiger partial charge >= 0.3 is 0 Å². The molecule has 0 radical (unpaired) electrons. The Labute approximate surface area is 239 Å². The van der Waals surface area contributed by atoms with E-state index in [1.165, 1.54) is 17.0 Å². The third-order valence-corrected chi connectivity index (χ3v) is 8.52. The van der Waals surface area contributed by atoms with E-state index in [0.717, 1.165) is 41.5 Å². The lowest BCUT2D eigenvalue weighted by Crippen LogP contribution is -2.57. The summed E-state index contributed by atoms with van der Waals surface area (Å²) in [5, 5.41) is 13.6. The predicted molar refractivity (Wildman–Crippen MR) is 158 cm³/mol. The van der Waals surface area contributed by atoms with Gasteiger partial charge in [-0.25, -0.2) is 9.37 Å². The highest BCUT2D eigenvalue weighted by Crippen LogP contribution is 2.37. The van der Waals surface area contributed by atoms with E-state index >= 15 is 0 Å². The van der Waals surface area contributed by atoms with Crippen LogP contribution in [0.1, 0.15) is 52.1 Å². The Bertz CT molecular complexity index is 1490. The summed E-state index contributed by atoms with van der Waals surface area (Å²) in [6.45, 7) is 8.88. The number of aryl methyl sites for hydroxylation is 1. The molecule has 1 saturated heterocycles. The zero-order chi connectivity index (χ0) is 28.4. The fraction of sp³-hybridized carbons (Fsp3) is 0.312. The van der Waals surface area contributed by atoms with Crippen molar-refractivity contribution in [2.45, 2.75) is 45.4 Å². The number of carbonyl (C=O) groups is 1. The normalized spacial score (nSPS) is 18.9. The average Bonchev–Trinajstić information content (AvgIpc) is 3.35. The van der Waals surface area contributed by atoms with Crippen molar-refractivity contribution in [3.63, 3.8) is 0 Å². The van der Waals surface area contributed by atoms with Crippen LogP contribution < -0.4 is 4.90 Å². The molecule has 1 aliphatic rings. The molecule has 5 rings (SSSR count). The van der Waals surface area contributed by atoms with E-state index in [2.05, 4.69) is 34.0 Å². The Hall–Kier alpha value is -3.59. The molecule has 1 N–H and O–H groups in total. The van der Waals surface area contributed by atoms with Gasteiger partial charge in [-0.3, -0.25) is 14.6 Å². The second-order valence-electron chi connectivity index (χ2n) is 10.6. The number of nitrogens with zero attached hydrogens (tertiary/aromatic N) is 4. The Balaban J connectivity index is 1.51. The predicted octanol–water partition coefficient (Wildman–Crippen LogP) is 6.26. The van der Waals surface area contributed by atoms with Gasteiger partial charge in [0.15, 0.2) is 0 Å². The van der Waals surface area contributed by atoms with Crippen LogP contribution in [0.5, 0.6) is 5.75 Å². The summed E-state index contributed by atoms with van der Waals surface area (Å²) in [7, 11) is 1.67. The van der Waals surface area contributed by atoms with Gasteiger partial charge in [0.2, 0.25) is 0 Å². The first-order valence-corrected chi connectivity index (χ1v) is 14.4. The van der Waals surface area contributed by atoms with Gasteiger partial charge in [0, 0.05) is 55.4 Å². The molecule has 208 valence electrons. The van der Waals surface area contributed by atoms with Crippen LogP contribution in [0.4, 0.5) is 10.1 Å². The van der Waals surface area contributed by atoms with E-state index in [9.17, 15) is 14.3 Å². The number of aromatic nitrogens is 1. The molecule has 40 heavy (non-hydrogen) atoms. The standard InChI is InChI=1S/C32H35FN4O2S/c1-21-18-37(22(2)17-36(21)19-26-20-40-23(3)34-26)31(24-9-7-12-28(38)15-24)29-13-5-6-14-30(29)32(39)35(4)27-11-8-10-25(33)16-27/h5-16,20-22,31,38H,17-19H2,1-4H3/t21?,22-,31+/m0/s1. The zero-order valence-corrected chi connectivity index (χ0v) is 24.1. The van der Waals surface area contributed by atoms with Gasteiger partial charge in [-0.15, -0.1) is 11.3 Å². The van der Waals surface area contributed by atoms with Crippen LogP contribution in [0, 0.1) is 12.7 Å². The van der Waals surface area contributed by atoms with Crippen molar-refractivity contribution in [1.82, 2.24) is 14.8 Å². The molecule has 0 spiro atoms. The molecule has 0 saturated carbocycles. The number of rotatable bonds is 7. The highest BCUT2D eigenvalue weighted by atomic mass is 32.1. The van der Waals surface area contributed by atoms with Gasteiger partial charge in [0.1, 0.15) is 11.6 Å². The zero-order valence-electron chi connectivity index (χ0n) is 23.3. The molecule has 0 aliphatic carbocycles. The van der Waals surface area contributed by atoms with Crippen molar-refractivity contribution < 1.29 is 14.3 Å². The van der Waals surface area contributed by atoms with Crippen LogP contribution in [0.3, 0.4) is 0 Å². The number of phenolic OH excluding ortho intramolecular Hbond substituents is 1. The monoisotopic (exact) mass is 558 g/mol. The number of piperazine rings is 1. The first-order chi connectivity index (χ1) is 19.2. The van der Waals surface area contributed by atoms with E-state index in [1.807, 2.05) is 43.3 Å². The van der Waals surface area contributed by atoms with Gasteiger partial charge < -0.3 is 10.0 Å². The molecule has 0 bridgehead atoms. The molecule has 2 heterocycles. The number of aromatic hydroxyl groups is 1. The maximum atomic E-state index is 14.0. The van der Waals surface area contributed by atoms with Gasteiger partial charge in [0.05, 0.1) is 16.7 Å². The van der Waals surface area contributed by atoms with Crippen LogP contribution in [0.2, 0.25) is 0 Å². The first-order valence-electron chi connectivity index (χ1n) is 13.5. The minimum absolute atomic E-state index is 0.160. The summed E-state index contributed by atoms with van der Waals surface area (Å²) in [5.74, 6) is -0.428. The van der Waals surface area contributed by atoms with Gasteiger partial charge in [-0.2, -0.15) is 0 Å². The SMILES string of the molecule is Cc1nc(CN2C[C@H](C)N([C@H](c3cccc(O)c3)c3ccccc3C(=O)N(C)c3cccc(F)c3)CC2C)cs1. The minimum atomic E-state index is -0.392. The number of hydrogen-bond donors (Lipinski definition) is 1. The van der Waals surface area contributed by atoms with E-state index < -0.39 is 5.82 Å². The molecule has 3 atom stereocenters. The number of anilines is 1. The van der Waals surface area contributed by atoms with Gasteiger partial charge in [-0.05, 0) is 68.3 Å². The summed E-state index contributed by atoms with van der Waals surface area (Å²) in [4.78, 5) is 24.9. The van der Waals surface area contributed by atoms with Crippen molar-refractivity contribution in [3.05, 3.63) is 111 Å². The van der Waals surface area contributed by atoms with Crippen molar-refractivity contribution in [2.75, 3.05) is 25.0 Å². The van der Waals surface area contributed by atoms with E-state index in [0.29, 0.717) is 11.3 Å². The third kappa shape index (κ3) is 5.94. The molecular formula is C32H35FN4O2S. The molecule has 8 heteroatoms. The lowest BCUT2D eigenvalue weighted by atomic mass is 9.90. The maximum Gasteiger partial charge on any atom is 0.258 e. The molecule has 1 fully saturated rings. The van der Waals surface area contributed by atoms with Crippen LogP contribution >= 0.6 is 11.3 Å². The smallest absolute Gasteiger partial charge is 0.258 e. The summed E-state index contributed by atoms with van der Waals surface area (Å²) in [5.41, 5.74) is 3.89.